The smallest absolute Gasteiger partial charge is 0.295 e. The van der Waals surface area contributed by atoms with Crippen molar-refractivity contribution in [2.75, 3.05) is 34.3 Å². The number of nitrogens with zero attached hydrogens (tertiary/aromatic N) is 2. The number of aliphatic hydroxyl groups is 1. The van der Waals surface area contributed by atoms with E-state index in [1.54, 1.807) is 36.4 Å². The predicted molar refractivity (Wildman–Crippen MR) is 117 cm³/mol. The van der Waals surface area contributed by atoms with E-state index in [4.69, 9.17) is 27.9 Å². The number of aliphatic hydroxyl groups excluding tert-OH is 1. The number of carbonyl (C=O) groups excluding carboxylic acids is 2. The van der Waals surface area contributed by atoms with Crippen LogP contribution in [0, 0.1) is 0 Å². The number of likely N-dealkylation sites (N-methyl/N-ethyl adjacent to an activating group) is 1. The van der Waals surface area contributed by atoms with Crippen LogP contribution in [0.5, 0.6) is 5.75 Å². The molecule has 30 heavy (non-hydrogen) atoms. The normalized spacial score (nSPS) is 18.3. The number of ketones is 1. The highest BCUT2D eigenvalue weighted by Crippen LogP contribution is 2.40. The summed E-state index contributed by atoms with van der Waals surface area (Å²) >= 11 is 12.2. The van der Waals surface area contributed by atoms with Crippen LogP contribution in [0.15, 0.2) is 48.0 Å². The molecule has 0 spiro atoms. The molecule has 0 saturated carbocycles. The third-order valence-electron chi connectivity index (χ3n) is 4.94. The Morgan fingerprint density at radius 1 is 1.13 bits per heavy atom. The summed E-state index contributed by atoms with van der Waals surface area (Å²) in [5, 5.41) is 11.8. The van der Waals surface area contributed by atoms with Gasteiger partial charge in [0, 0.05) is 23.7 Å². The summed E-state index contributed by atoms with van der Waals surface area (Å²) in [5.41, 5.74) is 1.02. The molecule has 1 N–H and O–H groups in total. The molecule has 1 saturated heterocycles. The summed E-state index contributed by atoms with van der Waals surface area (Å²) in [5.74, 6) is -1.24. The van der Waals surface area contributed by atoms with E-state index < -0.39 is 17.7 Å². The summed E-state index contributed by atoms with van der Waals surface area (Å²) in [6.45, 7) is 0.885. The van der Waals surface area contributed by atoms with E-state index in [1.165, 1.54) is 18.1 Å². The fourth-order valence-corrected chi connectivity index (χ4v) is 3.76. The molecule has 158 valence electrons. The number of amides is 1. The Balaban J connectivity index is 2.14. The first-order chi connectivity index (χ1) is 14.2. The van der Waals surface area contributed by atoms with Crippen molar-refractivity contribution in [1.29, 1.82) is 0 Å². The molecule has 6 nitrogen and oxygen atoms in total. The lowest BCUT2D eigenvalue weighted by Crippen LogP contribution is -2.35. The van der Waals surface area contributed by atoms with E-state index >= 15 is 0 Å². The molecule has 0 radical (unpaired) electrons. The zero-order valence-electron chi connectivity index (χ0n) is 16.9. The van der Waals surface area contributed by atoms with Crippen molar-refractivity contribution < 1.29 is 19.4 Å². The minimum Gasteiger partial charge on any atom is -0.507 e. The fourth-order valence-electron chi connectivity index (χ4n) is 3.38. The van der Waals surface area contributed by atoms with Gasteiger partial charge in [-0.2, -0.15) is 0 Å². The molecule has 0 aromatic heterocycles. The van der Waals surface area contributed by atoms with Crippen molar-refractivity contribution in [2.24, 2.45) is 0 Å². The van der Waals surface area contributed by atoms with Crippen LogP contribution >= 0.6 is 23.2 Å². The topological polar surface area (TPSA) is 70.1 Å². The number of rotatable bonds is 6. The number of halogens is 2. The Morgan fingerprint density at radius 2 is 1.80 bits per heavy atom. The van der Waals surface area contributed by atoms with Crippen LogP contribution in [0.25, 0.3) is 5.76 Å². The summed E-state index contributed by atoms with van der Waals surface area (Å²) in [7, 11) is 5.25. The van der Waals surface area contributed by atoms with Crippen molar-refractivity contribution in [3.63, 3.8) is 0 Å². The first kappa shape index (κ1) is 22.2. The third-order valence-corrected chi connectivity index (χ3v) is 5.49. The van der Waals surface area contributed by atoms with E-state index in [2.05, 4.69) is 0 Å². The van der Waals surface area contributed by atoms with Crippen LogP contribution in [0.1, 0.15) is 17.2 Å². The first-order valence-corrected chi connectivity index (χ1v) is 10.0. The maximum Gasteiger partial charge on any atom is 0.295 e. The quantitative estimate of drug-likeness (QED) is 0.411. The maximum absolute atomic E-state index is 12.9. The van der Waals surface area contributed by atoms with Gasteiger partial charge in [0.05, 0.1) is 23.7 Å². The molecule has 1 atom stereocenters. The Hall–Kier alpha value is -2.54. The maximum atomic E-state index is 12.9. The van der Waals surface area contributed by atoms with Crippen molar-refractivity contribution in [3.8, 4) is 5.75 Å². The molecular weight excluding hydrogens is 427 g/mol. The van der Waals surface area contributed by atoms with E-state index in [0.717, 1.165) is 0 Å². The van der Waals surface area contributed by atoms with E-state index in [-0.39, 0.29) is 16.4 Å². The molecule has 0 aliphatic carbocycles. The van der Waals surface area contributed by atoms with E-state index in [1.807, 2.05) is 19.0 Å². The van der Waals surface area contributed by atoms with Crippen LogP contribution < -0.4 is 4.74 Å². The van der Waals surface area contributed by atoms with E-state index in [0.29, 0.717) is 35.0 Å². The Bertz CT molecular complexity index is 1000. The summed E-state index contributed by atoms with van der Waals surface area (Å²) in [6, 6.07) is 10.8. The molecule has 2 aromatic rings. The second kappa shape index (κ2) is 9.08. The van der Waals surface area contributed by atoms with Gasteiger partial charge in [-0.3, -0.25) is 9.59 Å². The lowest BCUT2D eigenvalue weighted by molar-refractivity contribution is -0.140. The standard InChI is InChI=1S/C22H22Cl2N2O4/c1-25(2)10-11-26-19(13-4-7-15(23)8-5-13)18(21(28)22(26)29)20(27)14-6-9-17(30-3)16(24)12-14/h4-9,12,19,27H,10-11H2,1-3H3/b20-18+/t19-/m1/s1. The second-order valence-corrected chi connectivity index (χ2v) is 8.04. The van der Waals surface area contributed by atoms with Crippen LogP contribution in [0.2, 0.25) is 10.0 Å². The lowest BCUT2D eigenvalue weighted by atomic mass is 9.95. The van der Waals surface area contributed by atoms with Gasteiger partial charge in [-0.25, -0.2) is 0 Å². The molecule has 0 bridgehead atoms. The molecule has 2 aromatic carbocycles. The number of hydrogen-bond donors (Lipinski definition) is 1. The van der Waals surface area contributed by atoms with Gasteiger partial charge < -0.3 is 19.6 Å². The number of hydrogen-bond acceptors (Lipinski definition) is 5. The number of benzene rings is 2. The lowest BCUT2D eigenvalue weighted by Gasteiger charge is -2.26. The molecule has 3 rings (SSSR count). The minimum atomic E-state index is -0.738. The molecule has 1 fully saturated rings. The molecule has 8 heteroatoms. The largest absolute Gasteiger partial charge is 0.507 e. The number of likely N-dealkylation sites (tertiary alicyclic amines) is 1. The summed E-state index contributed by atoms with van der Waals surface area (Å²) in [6.07, 6.45) is 0. The van der Waals surface area contributed by atoms with Gasteiger partial charge >= 0.3 is 0 Å². The first-order valence-electron chi connectivity index (χ1n) is 9.27. The Morgan fingerprint density at radius 3 is 2.37 bits per heavy atom. The molecule has 1 aliphatic rings. The number of Topliss-reactive ketones (excluding diaryl/α,β-unsaturated/α-hetero) is 1. The van der Waals surface area contributed by atoms with Gasteiger partial charge in [-0.1, -0.05) is 35.3 Å². The Labute approximate surface area is 185 Å². The van der Waals surface area contributed by atoms with Crippen LogP contribution in [-0.2, 0) is 9.59 Å². The third kappa shape index (κ3) is 4.31. The van der Waals surface area contributed by atoms with Gasteiger partial charge in [0.25, 0.3) is 11.7 Å². The van der Waals surface area contributed by atoms with Crippen LogP contribution in [-0.4, -0.2) is 60.9 Å². The Kier molecular flexibility index (Phi) is 6.71. The SMILES string of the molecule is COc1ccc(/C(O)=C2\C(=O)C(=O)N(CCN(C)C)[C@@H]2c2ccc(Cl)cc2)cc1Cl. The monoisotopic (exact) mass is 448 g/mol. The fraction of sp³-hybridized carbons (Fsp3) is 0.273. The number of methoxy groups -OCH3 is 1. The summed E-state index contributed by atoms with van der Waals surface area (Å²) in [4.78, 5) is 29.1. The van der Waals surface area contributed by atoms with Crippen LogP contribution in [0.3, 0.4) is 0 Å². The van der Waals surface area contributed by atoms with Crippen molar-refractivity contribution in [3.05, 3.63) is 69.2 Å². The number of carbonyl (C=O) groups is 2. The van der Waals surface area contributed by atoms with Crippen molar-refractivity contribution >= 4 is 40.7 Å². The molecule has 1 aliphatic heterocycles. The van der Waals surface area contributed by atoms with Crippen LogP contribution in [0.4, 0.5) is 0 Å². The zero-order chi connectivity index (χ0) is 22.0. The molecule has 0 unspecified atom stereocenters. The highest BCUT2D eigenvalue weighted by atomic mass is 35.5. The minimum absolute atomic E-state index is 0.0160. The summed E-state index contributed by atoms with van der Waals surface area (Å²) < 4.78 is 5.14. The number of ether oxygens (including phenoxy) is 1. The average Bonchev–Trinajstić information content (AvgIpc) is 2.96. The molecular formula is C22H22Cl2N2O4. The predicted octanol–water partition coefficient (Wildman–Crippen LogP) is 3.99. The van der Waals surface area contributed by atoms with Gasteiger partial charge in [-0.15, -0.1) is 0 Å². The van der Waals surface area contributed by atoms with E-state index in [9.17, 15) is 14.7 Å². The average molecular weight is 449 g/mol. The van der Waals surface area contributed by atoms with Gasteiger partial charge in [0.15, 0.2) is 0 Å². The molecule has 1 heterocycles. The van der Waals surface area contributed by atoms with Crippen molar-refractivity contribution in [2.45, 2.75) is 6.04 Å². The van der Waals surface area contributed by atoms with Gasteiger partial charge in [-0.05, 0) is 50.0 Å². The highest BCUT2D eigenvalue weighted by Gasteiger charge is 2.45. The second-order valence-electron chi connectivity index (χ2n) is 7.20. The van der Waals surface area contributed by atoms with Gasteiger partial charge in [0.1, 0.15) is 11.5 Å². The highest BCUT2D eigenvalue weighted by molar-refractivity contribution is 6.46. The zero-order valence-corrected chi connectivity index (χ0v) is 18.4. The molecule has 1 amide bonds. The van der Waals surface area contributed by atoms with Gasteiger partial charge in [0.2, 0.25) is 0 Å². The van der Waals surface area contributed by atoms with Crippen molar-refractivity contribution in [1.82, 2.24) is 9.80 Å².